The van der Waals surface area contributed by atoms with Crippen molar-refractivity contribution in [2.45, 2.75) is 38.9 Å². The first-order chi connectivity index (χ1) is 10.2. The van der Waals surface area contributed by atoms with Crippen molar-refractivity contribution in [3.05, 3.63) is 53.9 Å². The van der Waals surface area contributed by atoms with E-state index in [0.717, 1.165) is 18.5 Å². The van der Waals surface area contributed by atoms with Gasteiger partial charge in [0.1, 0.15) is 0 Å². The van der Waals surface area contributed by atoms with Crippen LogP contribution >= 0.6 is 0 Å². The molecule has 2 aromatic rings. The van der Waals surface area contributed by atoms with Crippen LogP contribution in [-0.2, 0) is 17.9 Å². The Kier molecular flexibility index (Phi) is 5.51. The van der Waals surface area contributed by atoms with Crippen LogP contribution in [0.3, 0.4) is 0 Å². The zero-order valence-corrected chi connectivity index (χ0v) is 12.3. The highest BCUT2D eigenvalue weighted by Gasteiger charge is 2.11. The second-order valence-electron chi connectivity index (χ2n) is 5.14. The van der Waals surface area contributed by atoms with Crippen molar-refractivity contribution in [2.75, 3.05) is 0 Å². The lowest BCUT2D eigenvalue weighted by Crippen LogP contribution is -2.39. The molecule has 1 atom stereocenters. The average molecular weight is 286 g/mol. The summed E-state index contributed by atoms with van der Waals surface area (Å²) in [6.07, 6.45) is 5.33. The van der Waals surface area contributed by atoms with Crippen molar-refractivity contribution < 1.29 is 4.79 Å². The van der Waals surface area contributed by atoms with Crippen molar-refractivity contribution in [2.24, 2.45) is 5.73 Å². The van der Waals surface area contributed by atoms with Gasteiger partial charge >= 0.3 is 0 Å². The predicted octanol–water partition coefficient (Wildman–Crippen LogP) is 1.67. The highest BCUT2D eigenvalue weighted by molar-refractivity contribution is 5.81. The second-order valence-corrected chi connectivity index (χ2v) is 5.14. The van der Waals surface area contributed by atoms with Crippen molar-refractivity contribution in [3.8, 4) is 0 Å². The Morgan fingerprint density at radius 3 is 2.81 bits per heavy atom. The molecule has 0 aliphatic rings. The molecule has 0 fully saturated rings. The molecule has 2 rings (SSSR count). The third kappa shape index (κ3) is 4.72. The molecular weight excluding hydrogens is 264 g/mol. The molecule has 0 spiro atoms. The summed E-state index contributed by atoms with van der Waals surface area (Å²) < 4.78 is 1.86. The van der Waals surface area contributed by atoms with Crippen LogP contribution in [0.1, 0.15) is 30.9 Å². The van der Waals surface area contributed by atoms with E-state index >= 15 is 0 Å². The fourth-order valence-electron chi connectivity index (χ4n) is 2.12. The van der Waals surface area contributed by atoms with Crippen LogP contribution < -0.4 is 11.1 Å². The van der Waals surface area contributed by atoms with E-state index in [0.29, 0.717) is 13.0 Å². The fourth-order valence-corrected chi connectivity index (χ4v) is 2.12. The SMILES string of the molecule is CCCC(N)C(=O)NCc1cnn(Cc2ccccc2)c1. The van der Waals surface area contributed by atoms with E-state index in [-0.39, 0.29) is 5.91 Å². The number of hydrogen-bond acceptors (Lipinski definition) is 3. The van der Waals surface area contributed by atoms with Crippen LogP contribution in [0.2, 0.25) is 0 Å². The van der Waals surface area contributed by atoms with Gasteiger partial charge in [0.2, 0.25) is 5.91 Å². The van der Waals surface area contributed by atoms with E-state index < -0.39 is 6.04 Å². The number of benzene rings is 1. The number of carbonyl (C=O) groups is 1. The molecule has 0 bridgehead atoms. The van der Waals surface area contributed by atoms with Crippen LogP contribution in [-0.4, -0.2) is 21.7 Å². The third-order valence-corrected chi connectivity index (χ3v) is 3.28. The zero-order chi connectivity index (χ0) is 15.1. The molecule has 1 heterocycles. The van der Waals surface area contributed by atoms with E-state index in [1.54, 1.807) is 6.20 Å². The largest absolute Gasteiger partial charge is 0.351 e. The zero-order valence-electron chi connectivity index (χ0n) is 12.3. The summed E-state index contributed by atoms with van der Waals surface area (Å²) in [6, 6.07) is 9.71. The smallest absolute Gasteiger partial charge is 0.237 e. The maximum atomic E-state index is 11.7. The van der Waals surface area contributed by atoms with Gasteiger partial charge in [-0.1, -0.05) is 43.7 Å². The van der Waals surface area contributed by atoms with Gasteiger partial charge in [-0.15, -0.1) is 0 Å². The minimum absolute atomic E-state index is 0.104. The normalized spacial score (nSPS) is 12.1. The van der Waals surface area contributed by atoms with Crippen LogP contribution in [0.25, 0.3) is 0 Å². The van der Waals surface area contributed by atoms with E-state index in [9.17, 15) is 4.79 Å². The van der Waals surface area contributed by atoms with E-state index in [2.05, 4.69) is 22.5 Å². The predicted molar refractivity (Wildman–Crippen MR) is 82.5 cm³/mol. The molecule has 0 saturated carbocycles. The van der Waals surface area contributed by atoms with Crippen LogP contribution in [0, 0.1) is 0 Å². The van der Waals surface area contributed by atoms with Crippen molar-refractivity contribution in [1.82, 2.24) is 15.1 Å². The maximum absolute atomic E-state index is 11.7. The van der Waals surface area contributed by atoms with Crippen molar-refractivity contribution >= 4 is 5.91 Å². The van der Waals surface area contributed by atoms with Crippen molar-refractivity contribution in [1.29, 1.82) is 0 Å². The fraction of sp³-hybridized carbons (Fsp3) is 0.375. The molecule has 0 aliphatic heterocycles. The Hall–Kier alpha value is -2.14. The van der Waals surface area contributed by atoms with Gasteiger partial charge in [-0.25, -0.2) is 0 Å². The minimum Gasteiger partial charge on any atom is -0.351 e. The van der Waals surface area contributed by atoms with Gasteiger partial charge in [-0.2, -0.15) is 5.10 Å². The highest BCUT2D eigenvalue weighted by Crippen LogP contribution is 2.04. The number of nitrogens with one attached hydrogen (secondary N) is 1. The van der Waals surface area contributed by atoms with Gasteiger partial charge in [-0.05, 0) is 12.0 Å². The van der Waals surface area contributed by atoms with Gasteiger partial charge in [0.05, 0.1) is 18.8 Å². The Bertz CT molecular complexity index is 565. The van der Waals surface area contributed by atoms with E-state index in [1.165, 1.54) is 5.56 Å². The Balaban J connectivity index is 1.84. The number of rotatable bonds is 7. The molecule has 21 heavy (non-hydrogen) atoms. The van der Waals surface area contributed by atoms with Gasteiger partial charge in [0.25, 0.3) is 0 Å². The monoisotopic (exact) mass is 286 g/mol. The molecular formula is C16H22N4O. The maximum Gasteiger partial charge on any atom is 0.237 e. The second kappa shape index (κ2) is 7.59. The van der Waals surface area contributed by atoms with Gasteiger partial charge in [0.15, 0.2) is 0 Å². The summed E-state index contributed by atoms with van der Waals surface area (Å²) in [4.78, 5) is 11.7. The quantitative estimate of drug-likeness (QED) is 0.813. The Morgan fingerprint density at radius 2 is 2.10 bits per heavy atom. The molecule has 5 heteroatoms. The minimum atomic E-state index is -0.422. The summed E-state index contributed by atoms with van der Waals surface area (Å²) in [5.41, 5.74) is 7.94. The number of carbonyl (C=O) groups excluding carboxylic acids is 1. The lowest BCUT2D eigenvalue weighted by Gasteiger charge is -2.10. The summed E-state index contributed by atoms with van der Waals surface area (Å²) in [5.74, 6) is -0.104. The molecule has 0 radical (unpaired) electrons. The number of hydrogen-bond donors (Lipinski definition) is 2. The third-order valence-electron chi connectivity index (χ3n) is 3.28. The highest BCUT2D eigenvalue weighted by atomic mass is 16.2. The molecule has 5 nitrogen and oxygen atoms in total. The number of amides is 1. The number of nitrogens with two attached hydrogens (primary N) is 1. The summed E-state index contributed by atoms with van der Waals surface area (Å²) in [5, 5.41) is 7.15. The first-order valence-corrected chi connectivity index (χ1v) is 7.27. The molecule has 1 unspecified atom stereocenters. The summed E-state index contributed by atoms with van der Waals surface area (Å²) in [6.45, 7) is 3.20. The Labute approximate surface area is 125 Å². The average Bonchev–Trinajstić information content (AvgIpc) is 2.93. The molecule has 1 aromatic carbocycles. The first-order valence-electron chi connectivity index (χ1n) is 7.27. The molecule has 1 amide bonds. The van der Waals surface area contributed by atoms with Crippen LogP contribution in [0.4, 0.5) is 0 Å². The molecule has 112 valence electrons. The summed E-state index contributed by atoms with van der Waals surface area (Å²) >= 11 is 0. The van der Waals surface area contributed by atoms with Crippen molar-refractivity contribution in [3.63, 3.8) is 0 Å². The van der Waals surface area contributed by atoms with Gasteiger partial charge < -0.3 is 11.1 Å². The molecule has 0 saturated heterocycles. The van der Waals surface area contributed by atoms with Gasteiger partial charge in [0, 0.05) is 18.3 Å². The van der Waals surface area contributed by atoms with E-state index in [1.807, 2.05) is 36.0 Å². The van der Waals surface area contributed by atoms with Crippen LogP contribution in [0.15, 0.2) is 42.7 Å². The van der Waals surface area contributed by atoms with Crippen LogP contribution in [0.5, 0.6) is 0 Å². The number of nitrogens with zero attached hydrogens (tertiary/aromatic N) is 2. The first kappa shape index (κ1) is 15.3. The van der Waals surface area contributed by atoms with Gasteiger partial charge in [-0.3, -0.25) is 9.48 Å². The number of aromatic nitrogens is 2. The summed E-state index contributed by atoms with van der Waals surface area (Å²) in [7, 11) is 0. The van der Waals surface area contributed by atoms with E-state index in [4.69, 9.17) is 5.73 Å². The molecule has 1 aromatic heterocycles. The lowest BCUT2D eigenvalue weighted by molar-refractivity contribution is -0.122. The molecule has 0 aliphatic carbocycles. The standard InChI is InChI=1S/C16H22N4O/c1-2-6-15(17)16(21)18-9-14-10-19-20(12-14)11-13-7-4-3-5-8-13/h3-5,7-8,10,12,15H,2,6,9,11,17H2,1H3,(H,18,21). The Morgan fingerprint density at radius 1 is 1.33 bits per heavy atom. The lowest BCUT2D eigenvalue weighted by atomic mass is 10.1. The topological polar surface area (TPSA) is 72.9 Å². The molecule has 3 N–H and O–H groups in total.